The van der Waals surface area contributed by atoms with Crippen molar-refractivity contribution in [1.82, 2.24) is 15.1 Å². The Hall–Kier alpha value is -2.95. The predicted molar refractivity (Wildman–Crippen MR) is 106 cm³/mol. The number of hydrogen-bond acceptors (Lipinski definition) is 4. The highest BCUT2D eigenvalue weighted by atomic mass is 16.2. The molecule has 0 spiro atoms. The normalized spacial score (nSPS) is 17.3. The quantitative estimate of drug-likeness (QED) is 0.719. The van der Waals surface area contributed by atoms with Gasteiger partial charge in [-0.15, -0.1) is 5.10 Å². The van der Waals surface area contributed by atoms with E-state index in [-0.39, 0.29) is 5.91 Å². The number of nitrogens with zero attached hydrogens (tertiary/aromatic N) is 4. The van der Waals surface area contributed by atoms with Crippen molar-refractivity contribution < 1.29 is 4.79 Å². The first kappa shape index (κ1) is 16.2. The topological polar surface area (TPSA) is 49.3 Å². The average molecular weight is 358 g/mol. The van der Waals surface area contributed by atoms with E-state index in [9.17, 15) is 4.79 Å². The molecule has 0 atom stereocenters. The fourth-order valence-electron chi connectivity index (χ4n) is 3.74. The summed E-state index contributed by atoms with van der Waals surface area (Å²) in [5.41, 5.74) is 1.87. The van der Waals surface area contributed by atoms with Crippen molar-refractivity contribution in [3.05, 3.63) is 65.9 Å². The first-order valence-corrected chi connectivity index (χ1v) is 9.64. The third-order valence-electron chi connectivity index (χ3n) is 5.55. The first-order chi connectivity index (χ1) is 13.3. The van der Waals surface area contributed by atoms with E-state index in [1.807, 2.05) is 41.3 Å². The number of hydrogen-bond donors (Lipinski definition) is 0. The summed E-state index contributed by atoms with van der Waals surface area (Å²) in [5, 5.41) is 11.0. The van der Waals surface area contributed by atoms with Gasteiger partial charge in [0.15, 0.2) is 5.82 Å². The highest BCUT2D eigenvalue weighted by Gasteiger charge is 2.26. The van der Waals surface area contributed by atoms with E-state index in [0.717, 1.165) is 40.9 Å². The number of amides is 1. The summed E-state index contributed by atoms with van der Waals surface area (Å²) in [6.07, 6.45) is 2.48. The van der Waals surface area contributed by atoms with Crippen molar-refractivity contribution in [2.45, 2.75) is 18.8 Å². The van der Waals surface area contributed by atoms with Gasteiger partial charge in [-0.2, -0.15) is 5.10 Å². The monoisotopic (exact) mass is 358 g/mol. The molecule has 2 aromatic carbocycles. The van der Waals surface area contributed by atoms with E-state index >= 15 is 0 Å². The molecule has 2 fully saturated rings. The molecule has 0 bridgehead atoms. The molecule has 1 aliphatic heterocycles. The minimum atomic E-state index is 0.107. The first-order valence-electron chi connectivity index (χ1n) is 9.64. The van der Waals surface area contributed by atoms with Crippen LogP contribution in [0, 0.1) is 0 Å². The molecule has 1 saturated heterocycles. The number of rotatable bonds is 3. The van der Waals surface area contributed by atoms with Crippen LogP contribution < -0.4 is 4.90 Å². The van der Waals surface area contributed by atoms with Crippen LogP contribution in [0.3, 0.4) is 0 Å². The summed E-state index contributed by atoms with van der Waals surface area (Å²) in [4.78, 5) is 17.0. The van der Waals surface area contributed by atoms with Gasteiger partial charge < -0.3 is 9.80 Å². The highest BCUT2D eigenvalue weighted by Crippen LogP contribution is 2.38. The second kappa shape index (κ2) is 6.65. The number of fused-ring (bicyclic) bond motifs is 1. The molecule has 2 aliphatic rings. The van der Waals surface area contributed by atoms with E-state index in [0.29, 0.717) is 19.0 Å². The summed E-state index contributed by atoms with van der Waals surface area (Å²) in [5.74, 6) is 1.65. The summed E-state index contributed by atoms with van der Waals surface area (Å²) < 4.78 is 0. The van der Waals surface area contributed by atoms with Crippen molar-refractivity contribution in [1.29, 1.82) is 0 Å². The van der Waals surface area contributed by atoms with E-state index in [2.05, 4.69) is 33.3 Å². The Morgan fingerprint density at radius 3 is 2.33 bits per heavy atom. The Bertz CT molecular complexity index is 973. The number of carbonyl (C=O) groups is 1. The van der Waals surface area contributed by atoms with Crippen molar-refractivity contribution in [2.75, 3.05) is 31.1 Å². The minimum Gasteiger partial charge on any atom is -0.352 e. The SMILES string of the molecule is O=C(c1ccc2ccccc2c1)N1CCN(c2ccc(C3CC3)nn2)CC1. The van der Waals surface area contributed by atoms with Crippen LogP contribution in [0.15, 0.2) is 54.6 Å². The lowest BCUT2D eigenvalue weighted by Crippen LogP contribution is -2.49. The molecule has 1 aliphatic carbocycles. The zero-order valence-corrected chi connectivity index (χ0v) is 15.2. The Morgan fingerprint density at radius 2 is 1.63 bits per heavy atom. The molecular formula is C22H22N4O. The molecule has 5 nitrogen and oxygen atoms in total. The van der Waals surface area contributed by atoms with Gasteiger partial charge in [0.05, 0.1) is 5.69 Å². The molecule has 5 heteroatoms. The second-order valence-electron chi connectivity index (χ2n) is 7.43. The van der Waals surface area contributed by atoms with Gasteiger partial charge in [0.1, 0.15) is 0 Å². The standard InChI is InChI=1S/C22H22N4O/c27-22(19-8-5-16-3-1-2-4-18(16)15-19)26-13-11-25(12-14-26)21-10-9-20(23-24-21)17-6-7-17/h1-5,8-10,15,17H,6-7,11-14H2. The van der Waals surface area contributed by atoms with Gasteiger partial charge in [-0.1, -0.05) is 30.3 Å². The number of aromatic nitrogens is 2. The summed E-state index contributed by atoms with van der Waals surface area (Å²) in [6.45, 7) is 2.99. The zero-order chi connectivity index (χ0) is 18.2. The highest BCUT2D eigenvalue weighted by molar-refractivity contribution is 5.98. The molecule has 3 aromatic rings. The van der Waals surface area contributed by atoms with Crippen LogP contribution in [0.5, 0.6) is 0 Å². The third kappa shape index (κ3) is 3.25. The van der Waals surface area contributed by atoms with Gasteiger partial charge in [-0.05, 0) is 47.9 Å². The van der Waals surface area contributed by atoms with E-state index in [4.69, 9.17) is 0 Å². The molecule has 2 heterocycles. The van der Waals surface area contributed by atoms with Gasteiger partial charge in [0.25, 0.3) is 5.91 Å². The van der Waals surface area contributed by atoms with Crippen LogP contribution in [0.4, 0.5) is 5.82 Å². The second-order valence-corrected chi connectivity index (χ2v) is 7.43. The summed E-state index contributed by atoms with van der Waals surface area (Å²) in [6, 6.07) is 18.3. The lowest BCUT2D eigenvalue weighted by Gasteiger charge is -2.35. The Morgan fingerprint density at radius 1 is 0.852 bits per heavy atom. The van der Waals surface area contributed by atoms with Crippen molar-refractivity contribution in [3.8, 4) is 0 Å². The van der Waals surface area contributed by atoms with Gasteiger partial charge in [0.2, 0.25) is 0 Å². The molecule has 0 radical (unpaired) electrons. The van der Waals surface area contributed by atoms with Crippen LogP contribution in [0.1, 0.15) is 34.8 Å². The minimum absolute atomic E-state index is 0.107. The third-order valence-corrected chi connectivity index (χ3v) is 5.55. The van der Waals surface area contributed by atoms with E-state index in [1.165, 1.54) is 12.8 Å². The average Bonchev–Trinajstić information content (AvgIpc) is 3.59. The number of carbonyl (C=O) groups excluding carboxylic acids is 1. The van der Waals surface area contributed by atoms with Crippen LogP contribution in [-0.2, 0) is 0 Å². The maximum atomic E-state index is 12.9. The number of piperazine rings is 1. The Labute approximate surface area is 158 Å². The fourth-order valence-corrected chi connectivity index (χ4v) is 3.74. The van der Waals surface area contributed by atoms with Gasteiger partial charge in [0, 0.05) is 37.7 Å². The molecule has 0 N–H and O–H groups in total. The fraction of sp³-hybridized carbons (Fsp3) is 0.318. The Kier molecular flexibility index (Phi) is 4.00. The number of benzene rings is 2. The molecule has 1 saturated carbocycles. The summed E-state index contributed by atoms with van der Waals surface area (Å²) >= 11 is 0. The van der Waals surface area contributed by atoms with Gasteiger partial charge in [-0.3, -0.25) is 4.79 Å². The van der Waals surface area contributed by atoms with Gasteiger partial charge in [-0.25, -0.2) is 0 Å². The molecule has 27 heavy (non-hydrogen) atoms. The van der Waals surface area contributed by atoms with Crippen molar-refractivity contribution in [3.63, 3.8) is 0 Å². The predicted octanol–water partition coefficient (Wildman–Crippen LogP) is 3.47. The Balaban J connectivity index is 1.25. The lowest BCUT2D eigenvalue weighted by atomic mass is 10.1. The van der Waals surface area contributed by atoms with E-state index in [1.54, 1.807) is 0 Å². The van der Waals surface area contributed by atoms with Gasteiger partial charge >= 0.3 is 0 Å². The number of anilines is 1. The molecular weight excluding hydrogens is 336 g/mol. The maximum absolute atomic E-state index is 12.9. The van der Waals surface area contributed by atoms with Crippen LogP contribution in [0.25, 0.3) is 10.8 Å². The molecule has 1 amide bonds. The molecule has 0 unspecified atom stereocenters. The summed E-state index contributed by atoms with van der Waals surface area (Å²) in [7, 11) is 0. The molecule has 136 valence electrons. The van der Waals surface area contributed by atoms with Crippen molar-refractivity contribution in [2.24, 2.45) is 0 Å². The zero-order valence-electron chi connectivity index (χ0n) is 15.2. The van der Waals surface area contributed by atoms with Crippen molar-refractivity contribution >= 4 is 22.5 Å². The maximum Gasteiger partial charge on any atom is 0.253 e. The van der Waals surface area contributed by atoms with Crippen LogP contribution >= 0.6 is 0 Å². The molecule has 5 rings (SSSR count). The lowest BCUT2D eigenvalue weighted by molar-refractivity contribution is 0.0746. The van der Waals surface area contributed by atoms with Crippen LogP contribution in [-0.4, -0.2) is 47.2 Å². The van der Waals surface area contributed by atoms with E-state index < -0.39 is 0 Å². The molecule has 1 aromatic heterocycles. The largest absolute Gasteiger partial charge is 0.352 e. The van der Waals surface area contributed by atoms with Crippen LogP contribution in [0.2, 0.25) is 0 Å². The smallest absolute Gasteiger partial charge is 0.253 e.